The Balaban J connectivity index is 2.15. The first-order chi connectivity index (χ1) is 9.10. The Hall–Kier alpha value is -1.32. The fourth-order valence-corrected chi connectivity index (χ4v) is 2.32. The molecule has 0 amide bonds. The van der Waals surface area contributed by atoms with Gasteiger partial charge in [-0.1, -0.05) is 40.2 Å². The number of nitrogens with two attached hydrogens (primary N) is 1. The molecule has 0 bridgehead atoms. The summed E-state index contributed by atoms with van der Waals surface area (Å²) in [5.74, 6) is 0.892. The Labute approximate surface area is 122 Å². The molecule has 0 aromatic heterocycles. The van der Waals surface area contributed by atoms with Crippen molar-refractivity contribution in [2.24, 2.45) is 5.73 Å². The van der Waals surface area contributed by atoms with Gasteiger partial charge in [-0.2, -0.15) is 0 Å². The molecule has 2 rings (SSSR count). The van der Waals surface area contributed by atoms with Gasteiger partial charge >= 0.3 is 0 Å². The minimum Gasteiger partial charge on any atom is -0.496 e. The summed E-state index contributed by atoms with van der Waals surface area (Å²) in [6, 6.07) is 14.4. The van der Waals surface area contributed by atoms with Crippen molar-refractivity contribution in [1.29, 1.82) is 0 Å². The highest BCUT2D eigenvalue weighted by Crippen LogP contribution is 2.24. The van der Waals surface area contributed by atoms with Crippen molar-refractivity contribution in [1.82, 2.24) is 0 Å². The second-order valence-electron chi connectivity index (χ2n) is 4.67. The lowest BCUT2D eigenvalue weighted by atomic mass is 9.98. The van der Waals surface area contributed by atoms with Gasteiger partial charge in [-0.3, -0.25) is 0 Å². The molecule has 0 heterocycles. The SMILES string of the molecule is COc1cc(C(N)Cc2ccc(Br)cc2)ccc1C. The van der Waals surface area contributed by atoms with Crippen molar-refractivity contribution in [2.45, 2.75) is 19.4 Å². The van der Waals surface area contributed by atoms with Gasteiger partial charge in [0.25, 0.3) is 0 Å². The zero-order valence-electron chi connectivity index (χ0n) is 11.2. The Morgan fingerprint density at radius 1 is 1.16 bits per heavy atom. The van der Waals surface area contributed by atoms with Crippen LogP contribution in [0.5, 0.6) is 5.75 Å². The van der Waals surface area contributed by atoms with E-state index in [1.54, 1.807) is 7.11 Å². The quantitative estimate of drug-likeness (QED) is 0.924. The zero-order chi connectivity index (χ0) is 13.8. The van der Waals surface area contributed by atoms with Crippen LogP contribution in [0.4, 0.5) is 0 Å². The van der Waals surface area contributed by atoms with E-state index >= 15 is 0 Å². The summed E-state index contributed by atoms with van der Waals surface area (Å²) in [6.07, 6.45) is 0.819. The highest BCUT2D eigenvalue weighted by Gasteiger charge is 2.09. The maximum Gasteiger partial charge on any atom is 0.122 e. The van der Waals surface area contributed by atoms with E-state index in [2.05, 4.69) is 40.2 Å². The van der Waals surface area contributed by atoms with E-state index in [0.29, 0.717) is 0 Å². The molecule has 0 saturated heterocycles. The van der Waals surface area contributed by atoms with Gasteiger partial charge in [0.2, 0.25) is 0 Å². The highest BCUT2D eigenvalue weighted by molar-refractivity contribution is 9.10. The van der Waals surface area contributed by atoms with Crippen LogP contribution in [0.2, 0.25) is 0 Å². The molecule has 0 radical (unpaired) electrons. The summed E-state index contributed by atoms with van der Waals surface area (Å²) >= 11 is 3.44. The van der Waals surface area contributed by atoms with Crippen LogP contribution in [0.15, 0.2) is 46.9 Å². The van der Waals surface area contributed by atoms with Crippen LogP contribution in [0.25, 0.3) is 0 Å². The molecule has 100 valence electrons. The number of ether oxygens (including phenoxy) is 1. The van der Waals surface area contributed by atoms with Gasteiger partial charge < -0.3 is 10.5 Å². The van der Waals surface area contributed by atoms with Crippen molar-refractivity contribution >= 4 is 15.9 Å². The lowest BCUT2D eigenvalue weighted by Gasteiger charge is -2.14. The maximum absolute atomic E-state index is 6.27. The molecule has 0 saturated carbocycles. The van der Waals surface area contributed by atoms with E-state index in [4.69, 9.17) is 10.5 Å². The van der Waals surface area contributed by atoms with Gasteiger partial charge in [0, 0.05) is 10.5 Å². The average molecular weight is 320 g/mol. The minimum atomic E-state index is -0.0179. The second-order valence-corrected chi connectivity index (χ2v) is 5.58. The van der Waals surface area contributed by atoms with Crippen molar-refractivity contribution in [3.8, 4) is 5.75 Å². The Morgan fingerprint density at radius 3 is 2.47 bits per heavy atom. The van der Waals surface area contributed by atoms with Crippen molar-refractivity contribution < 1.29 is 4.74 Å². The molecule has 0 fully saturated rings. The number of hydrogen-bond acceptors (Lipinski definition) is 2. The van der Waals surface area contributed by atoms with E-state index in [-0.39, 0.29) is 6.04 Å². The number of methoxy groups -OCH3 is 1. The fourth-order valence-electron chi connectivity index (χ4n) is 2.06. The molecule has 3 heteroatoms. The molecule has 0 spiro atoms. The highest BCUT2D eigenvalue weighted by atomic mass is 79.9. The van der Waals surface area contributed by atoms with Gasteiger partial charge in [-0.15, -0.1) is 0 Å². The molecule has 0 aliphatic carbocycles. The Kier molecular flexibility index (Phi) is 4.61. The molecule has 2 nitrogen and oxygen atoms in total. The van der Waals surface area contributed by atoms with Gasteiger partial charge in [0.1, 0.15) is 5.75 Å². The van der Waals surface area contributed by atoms with Crippen LogP contribution < -0.4 is 10.5 Å². The largest absolute Gasteiger partial charge is 0.496 e. The van der Waals surface area contributed by atoms with E-state index in [0.717, 1.165) is 27.8 Å². The third kappa shape index (κ3) is 3.58. The first-order valence-corrected chi connectivity index (χ1v) is 7.04. The van der Waals surface area contributed by atoms with E-state index in [1.807, 2.05) is 25.1 Å². The molecule has 2 N–H and O–H groups in total. The molecular weight excluding hydrogens is 302 g/mol. The third-order valence-electron chi connectivity index (χ3n) is 3.23. The van der Waals surface area contributed by atoms with Crippen LogP contribution in [0.3, 0.4) is 0 Å². The van der Waals surface area contributed by atoms with E-state index in [9.17, 15) is 0 Å². The smallest absolute Gasteiger partial charge is 0.122 e. The molecule has 2 aromatic carbocycles. The zero-order valence-corrected chi connectivity index (χ0v) is 12.8. The summed E-state index contributed by atoms with van der Waals surface area (Å²) in [5.41, 5.74) is 9.73. The maximum atomic E-state index is 6.27. The summed E-state index contributed by atoms with van der Waals surface area (Å²) in [4.78, 5) is 0. The Morgan fingerprint density at radius 2 is 1.84 bits per heavy atom. The van der Waals surface area contributed by atoms with Crippen LogP contribution in [-0.4, -0.2) is 7.11 Å². The van der Waals surface area contributed by atoms with Crippen LogP contribution in [0.1, 0.15) is 22.7 Å². The minimum absolute atomic E-state index is 0.0179. The van der Waals surface area contributed by atoms with E-state index < -0.39 is 0 Å². The topological polar surface area (TPSA) is 35.2 Å². The van der Waals surface area contributed by atoms with Crippen LogP contribution in [-0.2, 0) is 6.42 Å². The molecule has 0 aliphatic rings. The standard InChI is InChI=1S/C16H18BrNO/c1-11-3-6-13(10-16(11)19-2)15(18)9-12-4-7-14(17)8-5-12/h3-8,10,15H,9,18H2,1-2H3. The predicted octanol–water partition coefficient (Wildman–Crippen LogP) is 4.01. The first-order valence-electron chi connectivity index (χ1n) is 6.24. The molecule has 1 atom stereocenters. The second kappa shape index (κ2) is 6.22. The molecule has 2 aromatic rings. The van der Waals surface area contributed by atoms with Gasteiger partial charge in [0.15, 0.2) is 0 Å². The lowest BCUT2D eigenvalue weighted by Crippen LogP contribution is -2.13. The molecule has 0 aliphatic heterocycles. The number of rotatable bonds is 4. The summed E-state index contributed by atoms with van der Waals surface area (Å²) in [5, 5.41) is 0. The molecular formula is C16H18BrNO. The number of hydrogen-bond donors (Lipinski definition) is 1. The van der Waals surface area contributed by atoms with Gasteiger partial charge in [-0.25, -0.2) is 0 Å². The monoisotopic (exact) mass is 319 g/mol. The summed E-state index contributed by atoms with van der Waals surface area (Å²) in [7, 11) is 1.69. The average Bonchev–Trinajstić information content (AvgIpc) is 2.42. The number of benzene rings is 2. The number of halogens is 1. The van der Waals surface area contributed by atoms with Crippen LogP contribution >= 0.6 is 15.9 Å². The number of aryl methyl sites for hydroxylation is 1. The lowest BCUT2D eigenvalue weighted by molar-refractivity contribution is 0.410. The van der Waals surface area contributed by atoms with Crippen molar-refractivity contribution in [2.75, 3.05) is 7.11 Å². The van der Waals surface area contributed by atoms with Gasteiger partial charge in [-0.05, 0) is 48.2 Å². The van der Waals surface area contributed by atoms with Gasteiger partial charge in [0.05, 0.1) is 7.11 Å². The molecule has 1 unspecified atom stereocenters. The third-order valence-corrected chi connectivity index (χ3v) is 3.76. The summed E-state index contributed by atoms with van der Waals surface area (Å²) in [6.45, 7) is 2.03. The van der Waals surface area contributed by atoms with E-state index in [1.165, 1.54) is 5.56 Å². The van der Waals surface area contributed by atoms with Crippen LogP contribution in [0, 0.1) is 6.92 Å². The predicted molar refractivity (Wildman–Crippen MR) is 82.5 cm³/mol. The summed E-state index contributed by atoms with van der Waals surface area (Å²) < 4.78 is 6.43. The fraction of sp³-hybridized carbons (Fsp3) is 0.250. The van der Waals surface area contributed by atoms with Crippen molar-refractivity contribution in [3.05, 3.63) is 63.6 Å². The van der Waals surface area contributed by atoms with Crippen molar-refractivity contribution in [3.63, 3.8) is 0 Å². The first kappa shape index (κ1) is 14.1. The Bertz CT molecular complexity index is 551. The normalized spacial score (nSPS) is 12.2. The molecule has 19 heavy (non-hydrogen) atoms.